The van der Waals surface area contributed by atoms with Crippen molar-refractivity contribution < 1.29 is 23.3 Å². The zero-order valence-electron chi connectivity index (χ0n) is 11.9. The minimum absolute atomic E-state index is 0.0113. The van der Waals surface area contributed by atoms with E-state index in [0.717, 1.165) is 0 Å². The van der Waals surface area contributed by atoms with E-state index < -0.39 is 33.4 Å². The Morgan fingerprint density at radius 3 is 2.26 bits per heavy atom. The van der Waals surface area contributed by atoms with Gasteiger partial charge >= 0.3 is 12.1 Å². The predicted molar refractivity (Wildman–Crippen MR) is 71.4 cm³/mol. The summed E-state index contributed by atoms with van der Waals surface area (Å²) in [7, 11) is -1.54. The van der Waals surface area contributed by atoms with Crippen LogP contribution in [0.4, 0.5) is 4.79 Å². The smallest absolute Gasteiger partial charge is 0.408 e. The van der Waals surface area contributed by atoms with Crippen LogP contribution in [0.3, 0.4) is 0 Å². The quantitative estimate of drug-likeness (QED) is 0.584. The van der Waals surface area contributed by atoms with Crippen molar-refractivity contribution in [3.05, 3.63) is 0 Å². The maximum Gasteiger partial charge on any atom is 0.408 e. The highest BCUT2D eigenvalue weighted by Gasteiger charge is 2.25. The molecule has 2 N–H and O–H groups in total. The Hall–Kier alpha value is -1.31. The number of carbonyl (C=O) groups excluding carboxylic acids is 2. The largest absolute Gasteiger partial charge is 0.467 e. The first kappa shape index (κ1) is 17.7. The third kappa shape index (κ3) is 9.29. The summed E-state index contributed by atoms with van der Waals surface area (Å²) >= 11 is 0. The number of carbonyl (C=O) groups is 2. The Morgan fingerprint density at radius 2 is 1.89 bits per heavy atom. The molecule has 0 radical (unpaired) electrons. The van der Waals surface area contributed by atoms with E-state index in [2.05, 4.69) is 10.1 Å². The molecule has 19 heavy (non-hydrogen) atoms. The summed E-state index contributed by atoms with van der Waals surface area (Å²) in [6, 6.07) is -0.967. The molecule has 0 aromatic rings. The summed E-state index contributed by atoms with van der Waals surface area (Å²) in [5.41, 5.74) is -0.682. The average Bonchev–Trinajstić information content (AvgIpc) is 2.19. The van der Waals surface area contributed by atoms with E-state index in [1.54, 1.807) is 20.8 Å². The number of hydrogen-bond acceptors (Lipinski definition) is 6. The highest BCUT2D eigenvalue weighted by atomic mass is 32.2. The first-order valence-electron chi connectivity index (χ1n) is 5.73. The van der Waals surface area contributed by atoms with Crippen molar-refractivity contribution in [1.29, 1.82) is 4.78 Å². The van der Waals surface area contributed by atoms with E-state index in [1.165, 1.54) is 13.4 Å². The number of alkyl carbamates (subject to hydrolysis) is 1. The van der Waals surface area contributed by atoms with Gasteiger partial charge < -0.3 is 14.8 Å². The average molecular weight is 295 g/mol. The van der Waals surface area contributed by atoms with Crippen LogP contribution in [0.5, 0.6) is 0 Å². The van der Waals surface area contributed by atoms with E-state index >= 15 is 0 Å². The molecule has 0 fully saturated rings. The van der Waals surface area contributed by atoms with Crippen molar-refractivity contribution in [3.63, 3.8) is 0 Å². The lowest BCUT2D eigenvalue weighted by Gasteiger charge is -2.22. The Morgan fingerprint density at radius 1 is 1.37 bits per heavy atom. The van der Waals surface area contributed by atoms with Crippen molar-refractivity contribution in [2.24, 2.45) is 0 Å². The van der Waals surface area contributed by atoms with Gasteiger partial charge in [0, 0.05) is 21.7 Å². The molecular formula is C11H22N2O5S. The molecule has 0 saturated heterocycles. The summed E-state index contributed by atoms with van der Waals surface area (Å²) in [6.45, 7) is 5.09. The van der Waals surface area contributed by atoms with Crippen LogP contribution in [0.15, 0.2) is 0 Å². The first-order valence-corrected chi connectivity index (χ1v) is 7.87. The van der Waals surface area contributed by atoms with Gasteiger partial charge in [0.1, 0.15) is 11.6 Å². The maximum absolute atomic E-state index is 11.6. The topological polar surface area (TPSA) is 106 Å². The van der Waals surface area contributed by atoms with Crippen LogP contribution in [0.25, 0.3) is 0 Å². The summed E-state index contributed by atoms with van der Waals surface area (Å²) in [5.74, 6) is -0.669. The molecule has 1 amide bonds. The molecule has 0 aliphatic heterocycles. The van der Waals surface area contributed by atoms with Crippen molar-refractivity contribution in [1.82, 2.24) is 5.32 Å². The minimum Gasteiger partial charge on any atom is -0.467 e. The molecule has 0 aliphatic rings. The third-order valence-electron chi connectivity index (χ3n) is 1.97. The van der Waals surface area contributed by atoms with Gasteiger partial charge in [-0.05, 0) is 27.2 Å². The summed E-state index contributed by atoms with van der Waals surface area (Å²) in [4.78, 5) is 23.0. The van der Waals surface area contributed by atoms with E-state index in [-0.39, 0.29) is 12.2 Å². The number of methoxy groups -OCH3 is 1. The van der Waals surface area contributed by atoms with Crippen LogP contribution in [-0.2, 0) is 24.0 Å². The molecule has 0 aromatic carbocycles. The van der Waals surface area contributed by atoms with Gasteiger partial charge in [0.2, 0.25) is 0 Å². The molecule has 8 heteroatoms. The Labute approximate surface area is 114 Å². The number of ether oxygens (including phenoxy) is 2. The Balaban J connectivity index is 4.61. The molecule has 0 rings (SSSR count). The van der Waals surface area contributed by atoms with Gasteiger partial charge in [-0.1, -0.05) is 0 Å². The van der Waals surface area contributed by atoms with Gasteiger partial charge in [-0.25, -0.2) is 9.59 Å². The zero-order valence-corrected chi connectivity index (χ0v) is 12.8. The molecule has 2 atom stereocenters. The van der Waals surface area contributed by atoms with Crippen molar-refractivity contribution in [3.8, 4) is 0 Å². The van der Waals surface area contributed by atoms with Gasteiger partial charge in [0.05, 0.1) is 7.11 Å². The zero-order chi connectivity index (χ0) is 15.3. The second kappa shape index (κ2) is 6.74. The lowest BCUT2D eigenvalue weighted by Crippen LogP contribution is -2.44. The van der Waals surface area contributed by atoms with Gasteiger partial charge in [-0.15, -0.1) is 0 Å². The fourth-order valence-corrected chi connectivity index (χ4v) is 1.87. The molecule has 112 valence electrons. The van der Waals surface area contributed by atoms with Crippen molar-refractivity contribution in [2.45, 2.75) is 38.8 Å². The van der Waals surface area contributed by atoms with Crippen LogP contribution >= 0.6 is 0 Å². The SMILES string of the molecule is COC(=O)[C@H](CCS(C)(=[15NH])=O)NC(=O)OC(C)(C)C. The molecule has 0 spiro atoms. The number of hydrogen-bond donors (Lipinski definition) is 2. The Bertz CT molecular complexity index is 425. The molecule has 0 saturated carbocycles. The van der Waals surface area contributed by atoms with E-state index in [1.807, 2.05) is 0 Å². The maximum atomic E-state index is 11.6. The molecule has 0 heterocycles. The lowest BCUT2D eigenvalue weighted by atomic mass is 10.2. The Kier molecular flexibility index (Phi) is 6.28. The van der Waals surface area contributed by atoms with Crippen molar-refractivity contribution in [2.75, 3.05) is 19.1 Å². The molecule has 0 bridgehead atoms. The third-order valence-corrected chi connectivity index (χ3v) is 2.99. The standard InChI is InChI=1S/C11H22N2O5S/c1-11(2,3)18-10(15)13-8(9(14)17-4)6-7-19(5,12)16/h8,12H,6-7H2,1-5H3,(H,13,15)/t8-,19?/m0/s1/i12+1. The number of esters is 1. The fourth-order valence-electron chi connectivity index (χ4n) is 1.18. The second-order valence-electron chi connectivity index (χ2n) is 5.22. The highest BCUT2D eigenvalue weighted by molar-refractivity contribution is 7.91. The predicted octanol–water partition coefficient (Wildman–Crippen LogP) is 1.12. The van der Waals surface area contributed by atoms with Gasteiger partial charge in [-0.3, -0.25) is 8.99 Å². The number of amides is 1. The van der Waals surface area contributed by atoms with E-state index in [9.17, 15) is 13.8 Å². The van der Waals surface area contributed by atoms with Crippen molar-refractivity contribution >= 4 is 21.8 Å². The minimum atomic E-state index is -2.73. The van der Waals surface area contributed by atoms with Crippen LogP contribution in [0, 0.1) is 4.78 Å². The second-order valence-corrected chi connectivity index (χ2v) is 7.64. The van der Waals surface area contributed by atoms with Crippen LogP contribution in [-0.4, -0.2) is 47.0 Å². The molecule has 0 aliphatic carbocycles. The van der Waals surface area contributed by atoms with E-state index in [0.29, 0.717) is 0 Å². The normalized spacial score (nSPS) is 16.1. The van der Waals surface area contributed by atoms with Gasteiger partial charge in [0.15, 0.2) is 0 Å². The fraction of sp³-hybridized carbons (Fsp3) is 0.818. The number of nitrogens with one attached hydrogen (secondary N) is 2. The van der Waals surface area contributed by atoms with Gasteiger partial charge in [-0.2, -0.15) is 0 Å². The first-order chi connectivity index (χ1) is 8.44. The van der Waals surface area contributed by atoms with E-state index in [4.69, 9.17) is 9.52 Å². The van der Waals surface area contributed by atoms with Crippen LogP contribution < -0.4 is 5.32 Å². The summed E-state index contributed by atoms with van der Waals surface area (Å²) in [6.07, 6.45) is 0.579. The van der Waals surface area contributed by atoms with Crippen LogP contribution in [0.1, 0.15) is 27.2 Å². The van der Waals surface area contributed by atoms with Gasteiger partial charge in [0.25, 0.3) is 0 Å². The summed E-state index contributed by atoms with van der Waals surface area (Å²) in [5, 5.41) is 2.35. The molecule has 1 unspecified atom stereocenters. The molecule has 7 nitrogen and oxygen atoms in total. The molecule has 0 aromatic heterocycles. The summed E-state index contributed by atoms with van der Waals surface area (Å²) < 4.78 is 28.1. The molecular weight excluding hydrogens is 273 g/mol. The monoisotopic (exact) mass is 295 g/mol. The van der Waals surface area contributed by atoms with Crippen LogP contribution in [0.2, 0.25) is 0 Å². The number of rotatable bonds is 5. The lowest BCUT2D eigenvalue weighted by molar-refractivity contribution is -0.143. The highest BCUT2D eigenvalue weighted by Crippen LogP contribution is 2.08.